The SMILES string of the molecule is C=C(C)CC(=O)OCCCOP(=O)(O)OC. The fourth-order valence-electron chi connectivity index (χ4n) is 0.775. The molecule has 0 saturated carbocycles. The molecule has 1 atom stereocenters. The molecule has 0 amide bonds. The summed E-state index contributed by atoms with van der Waals surface area (Å²) in [5.74, 6) is -0.369. The van der Waals surface area contributed by atoms with Gasteiger partial charge in [-0.25, -0.2) is 4.57 Å². The molecule has 0 aliphatic heterocycles. The lowest BCUT2D eigenvalue weighted by atomic mass is 10.2. The molecule has 0 aromatic carbocycles. The zero-order valence-electron chi connectivity index (χ0n) is 9.47. The monoisotopic (exact) mass is 252 g/mol. The van der Waals surface area contributed by atoms with Crippen LogP contribution in [0.25, 0.3) is 0 Å². The van der Waals surface area contributed by atoms with Crippen molar-refractivity contribution < 1.29 is 28.0 Å². The van der Waals surface area contributed by atoms with Gasteiger partial charge in [0.05, 0.1) is 19.6 Å². The standard InChI is InChI=1S/C9H17O6P/c1-8(2)7-9(10)14-5-4-6-15-16(11,12)13-3/h1,4-7H2,2-3H3,(H,11,12). The highest BCUT2D eigenvalue weighted by molar-refractivity contribution is 7.47. The minimum atomic E-state index is -3.91. The quantitative estimate of drug-likeness (QED) is 0.306. The molecule has 16 heavy (non-hydrogen) atoms. The topological polar surface area (TPSA) is 82.1 Å². The predicted molar refractivity (Wildman–Crippen MR) is 57.8 cm³/mol. The number of rotatable bonds is 8. The van der Waals surface area contributed by atoms with E-state index in [-0.39, 0.29) is 25.6 Å². The Morgan fingerprint density at radius 1 is 1.44 bits per heavy atom. The highest BCUT2D eigenvalue weighted by Gasteiger charge is 2.17. The molecular weight excluding hydrogens is 235 g/mol. The number of carbonyl (C=O) groups is 1. The van der Waals surface area contributed by atoms with Gasteiger partial charge < -0.3 is 9.63 Å². The Balaban J connectivity index is 3.51. The van der Waals surface area contributed by atoms with Crippen LogP contribution in [0.4, 0.5) is 0 Å². The molecule has 0 aromatic rings. The second-order valence-electron chi connectivity index (χ2n) is 3.19. The first-order valence-electron chi connectivity index (χ1n) is 4.70. The van der Waals surface area contributed by atoms with E-state index in [1.807, 2.05) is 0 Å². The molecular formula is C9H17O6P. The maximum atomic E-state index is 11.0. The van der Waals surface area contributed by atoms with E-state index < -0.39 is 7.82 Å². The Kier molecular flexibility index (Phi) is 7.25. The van der Waals surface area contributed by atoms with E-state index in [0.29, 0.717) is 6.42 Å². The lowest BCUT2D eigenvalue weighted by Crippen LogP contribution is -2.07. The first-order valence-corrected chi connectivity index (χ1v) is 6.20. The average Bonchev–Trinajstić information content (AvgIpc) is 2.16. The Morgan fingerprint density at radius 2 is 2.06 bits per heavy atom. The van der Waals surface area contributed by atoms with Crippen molar-refractivity contribution in [1.82, 2.24) is 0 Å². The van der Waals surface area contributed by atoms with E-state index in [0.717, 1.165) is 12.7 Å². The van der Waals surface area contributed by atoms with Gasteiger partial charge in [0, 0.05) is 13.5 Å². The third kappa shape index (κ3) is 8.61. The lowest BCUT2D eigenvalue weighted by molar-refractivity contribution is -0.143. The van der Waals surface area contributed by atoms with Gasteiger partial charge in [-0.05, 0) is 6.92 Å². The Bertz CT molecular complexity index is 288. The second-order valence-corrected chi connectivity index (χ2v) is 4.75. The van der Waals surface area contributed by atoms with Crippen LogP contribution in [0.1, 0.15) is 19.8 Å². The molecule has 1 N–H and O–H groups in total. The van der Waals surface area contributed by atoms with Gasteiger partial charge in [-0.2, -0.15) is 0 Å². The Morgan fingerprint density at radius 3 is 2.56 bits per heavy atom. The molecule has 94 valence electrons. The largest absolute Gasteiger partial charge is 0.471 e. The zero-order valence-corrected chi connectivity index (χ0v) is 10.4. The molecule has 1 unspecified atom stereocenters. The summed E-state index contributed by atoms with van der Waals surface area (Å²) in [7, 11) is -2.84. The zero-order chi connectivity index (χ0) is 12.6. The number of carbonyl (C=O) groups excluding carboxylic acids is 1. The van der Waals surface area contributed by atoms with Gasteiger partial charge in [0.25, 0.3) is 0 Å². The number of ether oxygens (including phenoxy) is 1. The van der Waals surface area contributed by atoms with Crippen LogP contribution in [-0.4, -0.2) is 31.2 Å². The minimum Gasteiger partial charge on any atom is -0.465 e. The molecule has 0 aliphatic carbocycles. The van der Waals surface area contributed by atoms with Gasteiger partial charge >= 0.3 is 13.8 Å². The second kappa shape index (κ2) is 7.57. The number of hydrogen-bond acceptors (Lipinski definition) is 5. The van der Waals surface area contributed by atoms with Crippen LogP contribution in [0, 0.1) is 0 Å². The van der Waals surface area contributed by atoms with Crippen molar-refractivity contribution in [3.8, 4) is 0 Å². The van der Waals surface area contributed by atoms with Crippen LogP contribution >= 0.6 is 7.82 Å². The van der Waals surface area contributed by atoms with Crippen molar-refractivity contribution in [3.63, 3.8) is 0 Å². The minimum absolute atomic E-state index is 0.0119. The van der Waals surface area contributed by atoms with E-state index in [4.69, 9.17) is 9.63 Å². The van der Waals surface area contributed by atoms with Gasteiger partial charge in [-0.1, -0.05) is 12.2 Å². The number of phosphoric acid groups is 1. The van der Waals surface area contributed by atoms with Crippen LogP contribution in [0.2, 0.25) is 0 Å². The van der Waals surface area contributed by atoms with E-state index in [9.17, 15) is 9.36 Å². The summed E-state index contributed by atoms with van der Waals surface area (Å²) in [6.07, 6.45) is 0.507. The van der Waals surface area contributed by atoms with E-state index in [2.05, 4.69) is 15.6 Å². The molecule has 0 fully saturated rings. The van der Waals surface area contributed by atoms with Crippen LogP contribution in [-0.2, 0) is 23.1 Å². The van der Waals surface area contributed by atoms with Gasteiger partial charge in [0.2, 0.25) is 0 Å². The molecule has 0 spiro atoms. The third-order valence-electron chi connectivity index (χ3n) is 1.48. The van der Waals surface area contributed by atoms with Crippen molar-refractivity contribution in [2.24, 2.45) is 0 Å². The van der Waals surface area contributed by atoms with Crippen LogP contribution in [0.15, 0.2) is 12.2 Å². The maximum Gasteiger partial charge on any atom is 0.471 e. The third-order valence-corrected chi connectivity index (χ3v) is 2.45. The first-order chi connectivity index (χ1) is 7.37. The van der Waals surface area contributed by atoms with Crippen molar-refractivity contribution in [2.45, 2.75) is 19.8 Å². The number of esters is 1. The highest BCUT2D eigenvalue weighted by Crippen LogP contribution is 2.41. The van der Waals surface area contributed by atoms with E-state index >= 15 is 0 Å². The Labute approximate surface area is 94.8 Å². The van der Waals surface area contributed by atoms with Gasteiger partial charge in [-0.3, -0.25) is 13.8 Å². The molecule has 0 radical (unpaired) electrons. The molecule has 7 heteroatoms. The maximum absolute atomic E-state index is 11.0. The fraction of sp³-hybridized carbons (Fsp3) is 0.667. The van der Waals surface area contributed by atoms with E-state index in [1.54, 1.807) is 6.92 Å². The molecule has 0 heterocycles. The molecule has 0 rings (SSSR count). The van der Waals surface area contributed by atoms with Crippen molar-refractivity contribution in [3.05, 3.63) is 12.2 Å². The summed E-state index contributed by atoms with van der Waals surface area (Å²) in [5.41, 5.74) is 0.723. The van der Waals surface area contributed by atoms with Crippen molar-refractivity contribution >= 4 is 13.8 Å². The normalized spacial score (nSPS) is 14.2. The summed E-state index contributed by atoms with van der Waals surface area (Å²) in [4.78, 5) is 19.9. The fourth-order valence-corrected chi connectivity index (χ4v) is 1.24. The van der Waals surface area contributed by atoms with Crippen molar-refractivity contribution in [2.75, 3.05) is 20.3 Å². The lowest BCUT2D eigenvalue weighted by Gasteiger charge is -2.09. The molecule has 6 nitrogen and oxygen atoms in total. The van der Waals surface area contributed by atoms with Gasteiger partial charge in [0.15, 0.2) is 0 Å². The molecule has 0 saturated heterocycles. The average molecular weight is 252 g/mol. The summed E-state index contributed by atoms with van der Waals surface area (Å²) < 4.78 is 24.3. The first kappa shape index (κ1) is 15.3. The molecule has 0 aliphatic rings. The van der Waals surface area contributed by atoms with Gasteiger partial charge in [-0.15, -0.1) is 0 Å². The highest BCUT2D eigenvalue weighted by atomic mass is 31.2. The predicted octanol–water partition coefficient (Wildman–Crippen LogP) is 1.65. The van der Waals surface area contributed by atoms with Crippen molar-refractivity contribution in [1.29, 1.82) is 0 Å². The van der Waals surface area contributed by atoms with Crippen LogP contribution in [0.5, 0.6) is 0 Å². The number of phosphoric ester groups is 1. The Hall–Kier alpha value is -0.680. The van der Waals surface area contributed by atoms with Crippen LogP contribution < -0.4 is 0 Å². The molecule has 0 aromatic heterocycles. The van der Waals surface area contributed by atoms with E-state index in [1.165, 1.54) is 0 Å². The summed E-state index contributed by atoms with van der Waals surface area (Å²) in [5, 5.41) is 0. The van der Waals surface area contributed by atoms with Gasteiger partial charge in [0.1, 0.15) is 0 Å². The number of hydrogen-bond donors (Lipinski definition) is 1. The van der Waals surface area contributed by atoms with Crippen LogP contribution in [0.3, 0.4) is 0 Å². The molecule has 0 bridgehead atoms. The summed E-state index contributed by atoms with van der Waals surface area (Å²) >= 11 is 0. The smallest absolute Gasteiger partial charge is 0.465 e. The summed E-state index contributed by atoms with van der Waals surface area (Å²) in [6, 6.07) is 0. The summed E-state index contributed by atoms with van der Waals surface area (Å²) in [6.45, 7) is 5.42.